The Morgan fingerprint density at radius 3 is 2.62 bits per heavy atom. The van der Waals surface area contributed by atoms with Crippen molar-refractivity contribution in [2.75, 3.05) is 6.54 Å². The van der Waals surface area contributed by atoms with E-state index in [1.165, 1.54) is 0 Å². The van der Waals surface area contributed by atoms with E-state index in [0.29, 0.717) is 18.8 Å². The van der Waals surface area contributed by atoms with Gasteiger partial charge in [-0.2, -0.15) is 13.2 Å². The maximum absolute atomic E-state index is 13.0. The van der Waals surface area contributed by atoms with Gasteiger partial charge in [-0.1, -0.05) is 26.2 Å². The average molecular weight is 306 g/mol. The molecule has 0 aromatic carbocycles. The molecule has 2 N–H and O–H groups in total. The first kappa shape index (κ1) is 16.6. The van der Waals surface area contributed by atoms with Crippen LogP contribution in [0.15, 0.2) is 0 Å². The quantitative estimate of drug-likeness (QED) is 0.841. The molecule has 1 aliphatic heterocycles. The lowest BCUT2D eigenvalue weighted by Gasteiger charge is -2.36. The van der Waals surface area contributed by atoms with Crippen molar-refractivity contribution in [2.24, 2.45) is 11.8 Å². The van der Waals surface area contributed by atoms with E-state index in [9.17, 15) is 18.0 Å². The summed E-state index contributed by atoms with van der Waals surface area (Å²) in [6.07, 6.45) is 0.471. The van der Waals surface area contributed by atoms with Gasteiger partial charge in [0.2, 0.25) is 5.91 Å². The largest absolute Gasteiger partial charge is 0.393 e. The summed E-state index contributed by atoms with van der Waals surface area (Å²) in [5.41, 5.74) is 0. The first-order chi connectivity index (χ1) is 9.91. The number of hydrogen-bond donors (Lipinski definition) is 2. The van der Waals surface area contributed by atoms with E-state index in [2.05, 4.69) is 17.6 Å². The van der Waals surface area contributed by atoms with Crippen molar-refractivity contribution in [3.8, 4) is 0 Å². The third-order valence-electron chi connectivity index (χ3n) is 4.92. The third kappa shape index (κ3) is 4.34. The fourth-order valence-corrected chi connectivity index (χ4v) is 3.55. The summed E-state index contributed by atoms with van der Waals surface area (Å²) < 4.78 is 39.1. The predicted molar refractivity (Wildman–Crippen MR) is 74.7 cm³/mol. The van der Waals surface area contributed by atoms with Crippen LogP contribution in [-0.4, -0.2) is 30.7 Å². The molecule has 2 aliphatic rings. The lowest BCUT2D eigenvalue weighted by atomic mass is 9.83. The third-order valence-corrected chi connectivity index (χ3v) is 4.92. The molecule has 0 spiro atoms. The smallest absolute Gasteiger partial charge is 0.351 e. The van der Waals surface area contributed by atoms with Gasteiger partial charge in [-0.3, -0.25) is 4.79 Å². The molecule has 2 rings (SSSR count). The van der Waals surface area contributed by atoms with Gasteiger partial charge < -0.3 is 10.6 Å². The molecule has 0 aromatic heterocycles. The molecule has 4 unspecified atom stereocenters. The van der Waals surface area contributed by atoms with Crippen LogP contribution in [0.4, 0.5) is 13.2 Å². The molecule has 21 heavy (non-hydrogen) atoms. The van der Waals surface area contributed by atoms with Gasteiger partial charge >= 0.3 is 6.18 Å². The van der Waals surface area contributed by atoms with E-state index in [0.717, 1.165) is 32.2 Å². The van der Waals surface area contributed by atoms with Crippen LogP contribution < -0.4 is 10.6 Å². The number of piperidine rings is 1. The zero-order chi connectivity index (χ0) is 15.5. The van der Waals surface area contributed by atoms with Crippen molar-refractivity contribution in [2.45, 2.75) is 70.1 Å². The molecule has 1 aliphatic carbocycles. The Kier molecular flexibility index (Phi) is 5.52. The Morgan fingerprint density at radius 1 is 1.24 bits per heavy atom. The summed E-state index contributed by atoms with van der Waals surface area (Å²) in [6, 6.07) is -1.09. The highest BCUT2D eigenvalue weighted by Gasteiger charge is 2.46. The van der Waals surface area contributed by atoms with Gasteiger partial charge in [0, 0.05) is 6.04 Å². The summed E-state index contributed by atoms with van der Waals surface area (Å²) in [7, 11) is 0. The molecular formula is C15H25F3N2O. The molecule has 6 heteroatoms. The van der Waals surface area contributed by atoms with Gasteiger partial charge in [0.1, 0.15) is 0 Å². The zero-order valence-corrected chi connectivity index (χ0v) is 12.5. The zero-order valence-electron chi connectivity index (χ0n) is 12.5. The Labute approximate surface area is 124 Å². The highest BCUT2D eigenvalue weighted by Crippen LogP contribution is 2.37. The van der Waals surface area contributed by atoms with Gasteiger partial charge in [-0.05, 0) is 38.1 Å². The molecule has 3 nitrogen and oxygen atoms in total. The summed E-state index contributed by atoms with van der Waals surface area (Å²) in [5, 5.41) is 5.80. The second-order valence-electron chi connectivity index (χ2n) is 6.35. The monoisotopic (exact) mass is 306 g/mol. The predicted octanol–water partition coefficient (Wildman–Crippen LogP) is 3.00. The van der Waals surface area contributed by atoms with Gasteiger partial charge in [-0.15, -0.1) is 0 Å². The van der Waals surface area contributed by atoms with E-state index in [-0.39, 0.29) is 18.4 Å². The molecule has 0 radical (unpaired) electrons. The number of carbonyl (C=O) groups is 1. The average Bonchev–Trinajstić information content (AvgIpc) is 2.46. The van der Waals surface area contributed by atoms with Crippen molar-refractivity contribution in [1.82, 2.24) is 10.6 Å². The lowest BCUT2D eigenvalue weighted by Crippen LogP contribution is -2.55. The van der Waals surface area contributed by atoms with Crippen molar-refractivity contribution in [1.29, 1.82) is 0 Å². The highest BCUT2D eigenvalue weighted by atomic mass is 19.4. The fourth-order valence-electron chi connectivity index (χ4n) is 3.55. The van der Waals surface area contributed by atoms with Gasteiger partial charge in [-0.25, -0.2) is 0 Å². The number of nitrogens with one attached hydrogen (secondary N) is 2. The van der Waals surface area contributed by atoms with Crippen molar-refractivity contribution < 1.29 is 18.0 Å². The van der Waals surface area contributed by atoms with E-state index >= 15 is 0 Å². The van der Waals surface area contributed by atoms with Crippen LogP contribution in [0.3, 0.4) is 0 Å². The summed E-state index contributed by atoms with van der Waals surface area (Å²) in [4.78, 5) is 12.3. The van der Waals surface area contributed by atoms with Crippen molar-refractivity contribution >= 4 is 5.91 Å². The van der Waals surface area contributed by atoms with Crippen LogP contribution in [0.5, 0.6) is 0 Å². The Hall–Kier alpha value is -0.780. The standard InChI is InChI=1S/C15H25F3N2O/c1-2-10-7-8-19-13(9-10)14(21)20-12-6-4-3-5-11(12)15(16,17)18/h10-13,19H,2-9H2,1H3,(H,20,21). The Balaban J connectivity index is 1.94. The van der Waals surface area contributed by atoms with Crippen LogP contribution in [0.25, 0.3) is 0 Å². The van der Waals surface area contributed by atoms with Crippen LogP contribution >= 0.6 is 0 Å². The Morgan fingerprint density at radius 2 is 1.95 bits per heavy atom. The SMILES string of the molecule is CCC1CCNC(C(=O)NC2CCCCC2C(F)(F)F)C1. The Bertz CT molecular complexity index is 359. The minimum absolute atomic E-state index is 0.129. The van der Waals surface area contributed by atoms with Gasteiger partial charge in [0.25, 0.3) is 0 Å². The lowest BCUT2D eigenvalue weighted by molar-refractivity contribution is -0.189. The first-order valence-corrected chi connectivity index (χ1v) is 8.02. The van der Waals surface area contributed by atoms with Crippen LogP contribution in [-0.2, 0) is 4.79 Å². The van der Waals surface area contributed by atoms with Gasteiger partial charge in [0.15, 0.2) is 0 Å². The van der Waals surface area contributed by atoms with E-state index in [1.807, 2.05) is 0 Å². The number of rotatable bonds is 3. The van der Waals surface area contributed by atoms with Gasteiger partial charge in [0.05, 0.1) is 12.0 Å². The summed E-state index contributed by atoms with van der Waals surface area (Å²) in [6.45, 7) is 2.86. The minimum atomic E-state index is -4.22. The van der Waals surface area contributed by atoms with E-state index < -0.39 is 18.1 Å². The van der Waals surface area contributed by atoms with E-state index in [4.69, 9.17) is 0 Å². The second kappa shape index (κ2) is 6.99. The number of halogens is 3. The van der Waals surface area contributed by atoms with Crippen molar-refractivity contribution in [3.63, 3.8) is 0 Å². The van der Waals surface area contributed by atoms with Crippen LogP contribution in [0.2, 0.25) is 0 Å². The normalized spacial score (nSPS) is 34.5. The highest BCUT2D eigenvalue weighted by molar-refractivity contribution is 5.82. The molecule has 2 fully saturated rings. The molecule has 1 saturated carbocycles. The van der Waals surface area contributed by atoms with Crippen LogP contribution in [0, 0.1) is 11.8 Å². The number of carbonyl (C=O) groups excluding carboxylic acids is 1. The maximum atomic E-state index is 13.0. The number of amides is 1. The molecule has 1 amide bonds. The molecule has 0 bridgehead atoms. The fraction of sp³-hybridized carbons (Fsp3) is 0.933. The first-order valence-electron chi connectivity index (χ1n) is 8.02. The molecule has 4 atom stereocenters. The van der Waals surface area contributed by atoms with E-state index in [1.54, 1.807) is 0 Å². The topological polar surface area (TPSA) is 41.1 Å². The summed E-state index contributed by atoms with van der Waals surface area (Å²) >= 11 is 0. The van der Waals surface area contributed by atoms with Crippen LogP contribution in [0.1, 0.15) is 51.9 Å². The second-order valence-corrected chi connectivity index (χ2v) is 6.35. The van der Waals surface area contributed by atoms with Crippen molar-refractivity contribution in [3.05, 3.63) is 0 Å². The number of hydrogen-bond acceptors (Lipinski definition) is 2. The molecule has 1 saturated heterocycles. The molecule has 0 aromatic rings. The summed E-state index contributed by atoms with van der Waals surface area (Å²) in [5.74, 6) is -1.15. The molecule has 122 valence electrons. The number of alkyl halides is 3. The molecular weight excluding hydrogens is 281 g/mol. The minimum Gasteiger partial charge on any atom is -0.351 e. The maximum Gasteiger partial charge on any atom is 0.393 e. The molecule has 1 heterocycles.